The minimum Gasteiger partial charge on any atom is -0.748 e. The fourth-order valence-electron chi connectivity index (χ4n) is 1.65. The summed E-state index contributed by atoms with van der Waals surface area (Å²) in [6.45, 7) is 1.76. The Labute approximate surface area is 103 Å². The maximum absolute atomic E-state index is 10.6. The quantitative estimate of drug-likeness (QED) is 0.624. The standard InChI is InChI=1S/C10H10ClNO4S/c1-7-12(4-5-17(13,14)15)9-6-8(11)2-3-10(9)16-7/h2-3,6H,4-5H2,1H3. The number of aromatic nitrogens is 1. The van der Waals surface area contributed by atoms with Crippen LogP contribution >= 0.6 is 11.6 Å². The second kappa shape index (κ2) is 4.29. The van der Waals surface area contributed by atoms with E-state index in [1.807, 2.05) is 0 Å². The summed E-state index contributed by atoms with van der Waals surface area (Å²) < 4.78 is 38.9. The van der Waals surface area contributed by atoms with E-state index in [0.717, 1.165) is 0 Å². The van der Waals surface area contributed by atoms with Gasteiger partial charge in [0.25, 0.3) is 5.52 Å². The van der Waals surface area contributed by atoms with Crippen molar-refractivity contribution in [1.29, 1.82) is 0 Å². The predicted octanol–water partition coefficient (Wildman–Crippen LogP) is 1.23. The van der Waals surface area contributed by atoms with E-state index in [1.54, 1.807) is 29.7 Å². The summed E-state index contributed by atoms with van der Waals surface area (Å²) >= 11 is 5.85. The van der Waals surface area contributed by atoms with Crippen LogP contribution in [0, 0.1) is 6.92 Å². The van der Waals surface area contributed by atoms with Crippen LogP contribution in [-0.4, -0.2) is 18.7 Å². The average molecular weight is 276 g/mol. The van der Waals surface area contributed by atoms with Crippen molar-refractivity contribution in [3.8, 4) is 0 Å². The molecule has 0 aliphatic carbocycles. The number of aryl methyl sites for hydroxylation is 2. The Balaban J connectivity index is 2.45. The van der Waals surface area contributed by atoms with Gasteiger partial charge in [-0.25, -0.2) is 8.42 Å². The predicted molar refractivity (Wildman–Crippen MR) is 60.7 cm³/mol. The lowest BCUT2D eigenvalue weighted by Crippen LogP contribution is -2.38. The minimum absolute atomic E-state index is 0.0605. The number of benzene rings is 1. The number of oxazole rings is 1. The molecule has 92 valence electrons. The van der Waals surface area contributed by atoms with E-state index >= 15 is 0 Å². The van der Waals surface area contributed by atoms with E-state index in [2.05, 4.69) is 0 Å². The average Bonchev–Trinajstić information content (AvgIpc) is 2.49. The molecule has 0 aliphatic heterocycles. The molecule has 0 radical (unpaired) electrons. The van der Waals surface area contributed by atoms with Crippen molar-refractivity contribution in [3.05, 3.63) is 29.1 Å². The summed E-state index contributed by atoms with van der Waals surface area (Å²) in [4.78, 5) is 0. The van der Waals surface area contributed by atoms with Crippen LogP contribution in [0.2, 0.25) is 5.02 Å². The van der Waals surface area contributed by atoms with Crippen LogP contribution in [0.1, 0.15) is 5.89 Å². The molecule has 0 atom stereocenters. The first-order valence-electron chi connectivity index (χ1n) is 4.89. The SMILES string of the molecule is Cc1oc2ccc(Cl)cc2[n+]1CCS(=O)(=O)[O-]. The lowest BCUT2D eigenvalue weighted by Gasteiger charge is -2.02. The highest BCUT2D eigenvalue weighted by Crippen LogP contribution is 2.18. The van der Waals surface area contributed by atoms with E-state index in [4.69, 9.17) is 16.0 Å². The van der Waals surface area contributed by atoms with Gasteiger partial charge in [-0.1, -0.05) is 11.6 Å². The third kappa shape index (κ3) is 2.77. The van der Waals surface area contributed by atoms with Crippen molar-refractivity contribution in [2.45, 2.75) is 13.5 Å². The lowest BCUT2D eigenvalue weighted by molar-refractivity contribution is -0.678. The molecule has 5 nitrogen and oxygen atoms in total. The summed E-state index contributed by atoms with van der Waals surface area (Å²) in [5, 5.41) is 0.525. The highest BCUT2D eigenvalue weighted by molar-refractivity contribution is 7.85. The number of rotatable bonds is 3. The Hall–Kier alpha value is -1.11. The van der Waals surface area contributed by atoms with Gasteiger partial charge in [-0.15, -0.1) is 0 Å². The van der Waals surface area contributed by atoms with Crippen molar-refractivity contribution >= 4 is 32.8 Å². The number of hydrogen-bond acceptors (Lipinski definition) is 4. The molecule has 0 spiro atoms. The van der Waals surface area contributed by atoms with Gasteiger partial charge >= 0.3 is 5.89 Å². The Kier molecular flexibility index (Phi) is 3.11. The van der Waals surface area contributed by atoms with Gasteiger partial charge in [-0.05, 0) is 12.1 Å². The van der Waals surface area contributed by atoms with Gasteiger partial charge in [0.2, 0.25) is 5.58 Å². The molecule has 0 saturated heterocycles. The summed E-state index contributed by atoms with van der Waals surface area (Å²) in [5.41, 5.74) is 1.29. The Bertz CT molecular complexity index is 662. The van der Waals surface area contributed by atoms with Crippen molar-refractivity contribution in [2.24, 2.45) is 0 Å². The fraction of sp³-hybridized carbons (Fsp3) is 0.300. The Morgan fingerprint density at radius 2 is 2.18 bits per heavy atom. The van der Waals surface area contributed by atoms with Crippen LogP contribution in [0.3, 0.4) is 0 Å². The third-order valence-electron chi connectivity index (χ3n) is 2.41. The molecule has 0 saturated carbocycles. The normalized spacial score (nSPS) is 12.2. The van der Waals surface area contributed by atoms with Gasteiger partial charge in [0.05, 0.1) is 12.7 Å². The maximum Gasteiger partial charge on any atom is 0.344 e. The lowest BCUT2D eigenvalue weighted by atomic mass is 10.3. The van der Waals surface area contributed by atoms with Crippen LogP contribution in [0.25, 0.3) is 11.1 Å². The number of fused-ring (bicyclic) bond motifs is 1. The minimum atomic E-state index is -4.24. The monoisotopic (exact) mass is 275 g/mol. The van der Waals surface area contributed by atoms with E-state index in [9.17, 15) is 13.0 Å². The fourth-order valence-corrected chi connectivity index (χ4v) is 2.23. The largest absolute Gasteiger partial charge is 0.748 e. The van der Waals surface area contributed by atoms with Crippen LogP contribution in [-0.2, 0) is 16.7 Å². The van der Waals surface area contributed by atoms with Gasteiger partial charge in [-0.3, -0.25) is 0 Å². The molecule has 0 aliphatic rings. The molecular formula is C10H10ClNO4S. The van der Waals surface area contributed by atoms with E-state index in [1.165, 1.54) is 0 Å². The molecule has 17 heavy (non-hydrogen) atoms. The third-order valence-corrected chi connectivity index (χ3v) is 3.33. The smallest absolute Gasteiger partial charge is 0.344 e. The van der Waals surface area contributed by atoms with Gasteiger partial charge in [0.15, 0.2) is 6.54 Å². The zero-order valence-electron chi connectivity index (χ0n) is 9.01. The molecule has 1 aromatic heterocycles. The number of nitrogens with zero attached hydrogens (tertiary/aromatic N) is 1. The second-order valence-electron chi connectivity index (χ2n) is 3.65. The Morgan fingerprint density at radius 3 is 2.82 bits per heavy atom. The first-order chi connectivity index (χ1) is 7.87. The highest BCUT2D eigenvalue weighted by atomic mass is 35.5. The zero-order chi connectivity index (χ0) is 12.6. The van der Waals surface area contributed by atoms with E-state index in [-0.39, 0.29) is 6.54 Å². The summed E-state index contributed by atoms with van der Waals surface area (Å²) in [6, 6.07) is 5.05. The van der Waals surface area contributed by atoms with Crippen molar-refractivity contribution in [1.82, 2.24) is 0 Å². The zero-order valence-corrected chi connectivity index (χ0v) is 10.6. The first-order valence-corrected chi connectivity index (χ1v) is 6.84. The summed E-state index contributed by atoms with van der Waals surface area (Å²) in [5.74, 6) is 0.0607. The highest BCUT2D eigenvalue weighted by Gasteiger charge is 2.19. The van der Waals surface area contributed by atoms with Gasteiger partial charge in [0.1, 0.15) is 10.1 Å². The molecule has 0 bridgehead atoms. The van der Waals surface area contributed by atoms with Gasteiger partial charge < -0.3 is 8.97 Å². The summed E-state index contributed by atoms with van der Waals surface area (Å²) in [7, 11) is -4.24. The molecule has 2 aromatic rings. The molecule has 0 amide bonds. The Morgan fingerprint density at radius 1 is 1.47 bits per heavy atom. The van der Waals surface area contributed by atoms with Crippen LogP contribution in [0.15, 0.2) is 22.6 Å². The molecule has 1 aromatic carbocycles. The van der Waals surface area contributed by atoms with E-state index < -0.39 is 15.9 Å². The van der Waals surface area contributed by atoms with E-state index in [0.29, 0.717) is 22.0 Å². The van der Waals surface area contributed by atoms with Crippen LogP contribution in [0.5, 0.6) is 0 Å². The van der Waals surface area contributed by atoms with Crippen LogP contribution in [0.4, 0.5) is 0 Å². The number of halogens is 1. The topological polar surface area (TPSA) is 74.2 Å². The molecular weight excluding hydrogens is 266 g/mol. The van der Waals surface area contributed by atoms with Gasteiger partial charge in [0, 0.05) is 11.1 Å². The molecule has 0 unspecified atom stereocenters. The van der Waals surface area contributed by atoms with Crippen LogP contribution < -0.4 is 4.57 Å². The molecule has 1 heterocycles. The second-order valence-corrected chi connectivity index (χ2v) is 5.61. The van der Waals surface area contributed by atoms with Gasteiger partial charge in [-0.2, -0.15) is 4.57 Å². The maximum atomic E-state index is 10.6. The summed E-state index contributed by atoms with van der Waals surface area (Å²) in [6.07, 6.45) is 0. The molecule has 2 rings (SSSR count). The molecule has 0 N–H and O–H groups in total. The van der Waals surface area contributed by atoms with Crippen molar-refractivity contribution < 1.29 is 22.0 Å². The molecule has 0 fully saturated rings. The first kappa shape index (κ1) is 12.3. The number of hydrogen-bond donors (Lipinski definition) is 0. The molecule has 7 heteroatoms. The van der Waals surface area contributed by atoms with Crippen molar-refractivity contribution in [3.63, 3.8) is 0 Å². The van der Waals surface area contributed by atoms with Crippen molar-refractivity contribution in [2.75, 3.05) is 5.75 Å².